The van der Waals surface area contributed by atoms with Crippen LogP contribution in [-0.4, -0.2) is 27.7 Å². The third-order valence-corrected chi connectivity index (χ3v) is 5.20. The Morgan fingerprint density at radius 1 is 1.12 bits per heavy atom. The van der Waals surface area contributed by atoms with Crippen LogP contribution in [0.15, 0.2) is 80.7 Å². The number of hydrogen-bond donors (Lipinski definition) is 1. The van der Waals surface area contributed by atoms with Crippen LogP contribution in [-0.2, 0) is 17.9 Å². The van der Waals surface area contributed by atoms with Gasteiger partial charge in [-0.05, 0) is 35.9 Å². The number of nitrogens with zero attached hydrogens (tertiary/aromatic N) is 3. The van der Waals surface area contributed by atoms with Crippen molar-refractivity contribution >= 4 is 21.8 Å². The number of nitrogens with one attached hydrogen (secondary N) is 1. The number of ether oxygens (including phenoxy) is 1. The van der Waals surface area contributed by atoms with Gasteiger partial charge in [-0.1, -0.05) is 45.4 Å². The average molecular weight is 495 g/mol. The number of hydrogen-bond acceptors (Lipinski definition) is 6. The molecule has 1 N–H and O–H groups in total. The fourth-order valence-corrected chi connectivity index (χ4v) is 3.42. The molecular formula is C23H19BrN4O4. The SMILES string of the molecule is COc1ccc(CNC(=O)Cn2cc(-c3nc(-c4cccc(Br)c4)no3)ccc2=O)cc1. The van der Waals surface area contributed by atoms with Crippen LogP contribution in [0.25, 0.3) is 22.8 Å². The van der Waals surface area contributed by atoms with Gasteiger partial charge in [0.15, 0.2) is 0 Å². The summed E-state index contributed by atoms with van der Waals surface area (Å²) < 4.78 is 12.7. The molecule has 2 aromatic heterocycles. The first kappa shape index (κ1) is 21.5. The molecule has 4 aromatic rings. The second-order valence-electron chi connectivity index (χ2n) is 6.94. The first-order chi connectivity index (χ1) is 15.5. The lowest BCUT2D eigenvalue weighted by Crippen LogP contribution is -2.31. The summed E-state index contributed by atoms with van der Waals surface area (Å²) in [5.41, 5.74) is 1.95. The largest absolute Gasteiger partial charge is 0.497 e. The molecule has 9 heteroatoms. The van der Waals surface area contributed by atoms with E-state index in [1.807, 2.05) is 48.5 Å². The summed E-state index contributed by atoms with van der Waals surface area (Å²) in [6.07, 6.45) is 1.54. The number of carbonyl (C=O) groups is 1. The molecule has 0 bridgehead atoms. The highest BCUT2D eigenvalue weighted by atomic mass is 79.9. The van der Waals surface area contributed by atoms with E-state index in [9.17, 15) is 9.59 Å². The summed E-state index contributed by atoms with van der Waals surface area (Å²) in [6.45, 7) is 0.215. The molecule has 0 spiro atoms. The van der Waals surface area contributed by atoms with Gasteiger partial charge in [0, 0.05) is 28.8 Å². The highest BCUT2D eigenvalue weighted by Crippen LogP contribution is 2.23. The molecule has 8 nitrogen and oxygen atoms in total. The van der Waals surface area contributed by atoms with E-state index in [1.54, 1.807) is 13.2 Å². The van der Waals surface area contributed by atoms with E-state index in [-0.39, 0.29) is 23.9 Å². The molecule has 0 saturated carbocycles. The standard InChI is InChI=1S/C23H19BrN4O4/c1-31-19-8-5-15(6-9-19)12-25-20(29)14-28-13-17(7-10-21(28)30)23-26-22(27-32-23)16-3-2-4-18(24)11-16/h2-11,13H,12,14H2,1H3,(H,25,29). The van der Waals surface area contributed by atoms with Gasteiger partial charge < -0.3 is 19.1 Å². The Morgan fingerprint density at radius 2 is 1.94 bits per heavy atom. The first-order valence-electron chi connectivity index (χ1n) is 9.72. The van der Waals surface area contributed by atoms with Crippen LogP contribution in [0.1, 0.15) is 5.56 Å². The maximum atomic E-state index is 12.4. The van der Waals surface area contributed by atoms with Crippen molar-refractivity contribution in [3.8, 4) is 28.6 Å². The fourth-order valence-electron chi connectivity index (χ4n) is 3.02. The van der Waals surface area contributed by atoms with Crippen LogP contribution >= 0.6 is 15.9 Å². The highest BCUT2D eigenvalue weighted by Gasteiger charge is 2.13. The van der Waals surface area contributed by atoms with Crippen molar-refractivity contribution in [2.45, 2.75) is 13.1 Å². The maximum Gasteiger partial charge on any atom is 0.259 e. The van der Waals surface area contributed by atoms with Gasteiger partial charge >= 0.3 is 0 Å². The molecule has 0 aliphatic carbocycles. The Kier molecular flexibility index (Phi) is 6.46. The Hall–Kier alpha value is -3.72. The topological polar surface area (TPSA) is 99.2 Å². The Morgan fingerprint density at radius 3 is 2.69 bits per heavy atom. The molecule has 0 aliphatic rings. The van der Waals surface area contributed by atoms with Gasteiger partial charge in [-0.25, -0.2) is 0 Å². The summed E-state index contributed by atoms with van der Waals surface area (Å²) in [5, 5.41) is 6.82. The zero-order chi connectivity index (χ0) is 22.5. The van der Waals surface area contributed by atoms with Crippen LogP contribution in [0.5, 0.6) is 5.75 Å². The van der Waals surface area contributed by atoms with E-state index in [0.717, 1.165) is 21.3 Å². The van der Waals surface area contributed by atoms with E-state index < -0.39 is 0 Å². The van der Waals surface area contributed by atoms with Crippen LogP contribution in [0.4, 0.5) is 0 Å². The number of rotatable bonds is 7. The van der Waals surface area contributed by atoms with Gasteiger partial charge in [-0.15, -0.1) is 0 Å². The Balaban J connectivity index is 1.45. The van der Waals surface area contributed by atoms with Crippen molar-refractivity contribution in [2.75, 3.05) is 7.11 Å². The first-order valence-corrected chi connectivity index (χ1v) is 10.5. The van der Waals surface area contributed by atoms with Gasteiger partial charge in [0.05, 0.1) is 12.7 Å². The summed E-state index contributed by atoms with van der Waals surface area (Å²) in [5.74, 6) is 1.14. The van der Waals surface area contributed by atoms with Crippen molar-refractivity contribution in [3.63, 3.8) is 0 Å². The zero-order valence-corrected chi connectivity index (χ0v) is 18.7. The molecule has 0 unspecified atom stereocenters. The van der Waals surface area contributed by atoms with Crippen LogP contribution < -0.4 is 15.6 Å². The lowest BCUT2D eigenvalue weighted by atomic mass is 10.2. The van der Waals surface area contributed by atoms with Crippen molar-refractivity contribution in [1.29, 1.82) is 0 Å². The third-order valence-electron chi connectivity index (χ3n) is 4.70. The maximum absolute atomic E-state index is 12.4. The second kappa shape index (κ2) is 9.61. The molecule has 162 valence electrons. The van der Waals surface area contributed by atoms with Crippen molar-refractivity contribution in [2.24, 2.45) is 0 Å². The van der Waals surface area contributed by atoms with E-state index in [2.05, 4.69) is 31.4 Å². The quantitative estimate of drug-likeness (QED) is 0.420. The lowest BCUT2D eigenvalue weighted by molar-refractivity contribution is -0.121. The number of halogens is 1. The smallest absolute Gasteiger partial charge is 0.259 e. The van der Waals surface area contributed by atoms with Gasteiger partial charge in [0.1, 0.15) is 12.3 Å². The number of methoxy groups -OCH3 is 1. The molecular weight excluding hydrogens is 476 g/mol. The van der Waals surface area contributed by atoms with Crippen LogP contribution in [0, 0.1) is 0 Å². The molecule has 1 amide bonds. The molecule has 0 fully saturated rings. The van der Waals surface area contributed by atoms with E-state index >= 15 is 0 Å². The molecule has 0 atom stereocenters. The van der Waals surface area contributed by atoms with E-state index in [0.29, 0.717) is 17.9 Å². The number of benzene rings is 2. The second-order valence-corrected chi connectivity index (χ2v) is 7.86. The lowest BCUT2D eigenvalue weighted by Gasteiger charge is -2.09. The predicted octanol–water partition coefficient (Wildman–Crippen LogP) is 3.65. The summed E-state index contributed by atoms with van der Waals surface area (Å²) in [7, 11) is 1.60. The van der Waals surface area contributed by atoms with Crippen LogP contribution in [0.3, 0.4) is 0 Å². The van der Waals surface area contributed by atoms with Crippen molar-refractivity contribution in [1.82, 2.24) is 20.0 Å². The minimum atomic E-state index is -0.305. The minimum absolute atomic E-state index is 0.130. The fraction of sp³-hybridized carbons (Fsp3) is 0.130. The minimum Gasteiger partial charge on any atom is -0.497 e. The number of amides is 1. The normalized spacial score (nSPS) is 10.7. The number of pyridine rings is 1. The molecule has 2 aromatic carbocycles. The average Bonchev–Trinajstić information content (AvgIpc) is 3.30. The molecule has 0 saturated heterocycles. The number of aromatic nitrogens is 3. The monoisotopic (exact) mass is 494 g/mol. The van der Waals surface area contributed by atoms with Crippen LogP contribution in [0.2, 0.25) is 0 Å². The van der Waals surface area contributed by atoms with Crippen molar-refractivity contribution < 1.29 is 14.1 Å². The molecule has 0 aliphatic heterocycles. The number of carbonyl (C=O) groups excluding carboxylic acids is 1. The highest BCUT2D eigenvalue weighted by molar-refractivity contribution is 9.10. The van der Waals surface area contributed by atoms with Gasteiger partial charge in [0.2, 0.25) is 11.7 Å². The summed E-state index contributed by atoms with van der Waals surface area (Å²) in [6, 6.07) is 17.9. The van der Waals surface area contributed by atoms with Gasteiger partial charge in [-0.3, -0.25) is 9.59 Å². The van der Waals surface area contributed by atoms with Gasteiger partial charge in [0.25, 0.3) is 11.4 Å². The molecule has 32 heavy (non-hydrogen) atoms. The zero-order valence-electron chi connectivity index (χ0n) is 17.1. The molecule has 0 radical (unpaired) electrons. The Labute approximate surface area is 192 Å². The summed E-state index contributed by atoms with van der Waals surface area (Å²) in [4.78, 5) is 29.0. The third kappa shape index (κ3) is 5.12. The van der Waals surface area contributed by atoms with E-state index in [4.69, 9.17) is 9.26 Å². The predicted molar refractivity (Wildman–Crippen MR) is 122 cm³/mol. The molecule has 4 rings (SSSR count). The Bertz CT molecular complexity index is 1300. The van der Waals surface area contributed by atoms with Gasteiger partial charge in [-0.2, -0.15) is 4.98 Å². The molecule has 2 heterocycles. The summed E-state index contributed by atoms with van der Waals surface area (Å²) >= 11 is 3.42. The van der Waals surface area contributed by atoms with Crippen molar-refractivity contribution in [3.05, 3.63) is 87.3 Å². The van der Waals surface area contributed by atoms with E-state index in [1.165, 1.54) is 16.8 Å².